The van der Waals surface area contributed by atoms with Crippen LogP contribution in [0.2, 0.25) is 0 Å². The zero-order valence-corrected chi connectivity index (χ0v) is 33.8. The molecule has 2 heterocycles. The number of likely N-dealkylation sites (tertiary alicyclic amines) is 2. The summed E-state index contributed by atoms with van der Waals surface area (Å²) in [6, 6.07) is 19.4. The molecule has 2 aromatic carbocycles. The summed E-state index contributed by atoms with van der Waals surface area (Å²) in [7, 11) is 0. The fraction of sp³-hybridized carbons (Fsp3) is 0.524. The molecule has 0 radical (unpaired) electrons. The Bertz CT molecular complexity index is 1480. The number of aliphatic hydroxyl groups excluding tert-OH is 1. The molecule has 0 aliphatic carbocycles. The highest BCUT2D eigenvalue weighted by Crippen LogP contribution is 2.44. The van der Waals surface area contributed by atoms with E-state index >= 15 is 0 Å². The van der Waals surface area contributed by atoms with Gasteiger partial charge in [-0.25, -0.2) is 0 Å². The van der Waals surface area contributed by atoms with Crippen molar-refractivity contribution in [1.82, 2.24) is 9.80 Å². The summed E-state index contributed by atoms with van der Waals surface area (Å²) < 4.78 is 11.3. The van der Waals surface area contributed by atoms with Gasteiger partial charge in [-0.05, 0) is 79.4 Å². The van der Waals surface area contributed by atoms with Crippen molar-refractivity contribution in [3.05, 3.63) is 96.1 Å². The van der Waals surface area contributed by atoms with Gasteiger partial charge in [0.15, 0.2) is 0 Å². The lowest BCUT2D eigenvalue weighted by Gasteiger charge is -2.32. The van der Waals surface area contributed by atoms with Crippen LogP contribution in [0.1, 0.15) is 104 Å². The number of allylic oxidation sites excluding steroid dienone is 1. The Hall–Kier alpha value is -3.76. The number of rotatable bonds is 12. The molecule has 2 aliphatic heterocycles. The van der Waals surface area contributed by atoms with Gasteiger partial charge in [0.25, 0.3) is 0 Å². The molecule has 0 unspecified atom stereocenters. The Labute approximate surface area is 318 Å². The highest BCUT2D eigenvalue weighted by molar-refractivity contribution is 9.09. The third-order valence-electron chi connectivity index (χ3n) is 9.32. The van der Waals surface area contributed by atoms with Crippen molar-refractivity contribution in [3.8, 4) is 0 Å². The second-order valence-electron chi connectivity index (χ2n) is 16.3. The second-order valence-corrected chi connectivity index (χ2v) is 16.8. The van der Waals surface area contributed by atoms with Gasteiger partial charge in [-0.15, -0.1) is 0 Å². The van der Waals surface area contributed by atoms with Gasteiger partial charge in [-0.3, -0.25) is 19.2 Å². The molecule has 0 bridgehead atoms. The van der Waals surface area contributed by atoms with Crippen molar-refractivity contribution < 1.29 is 33.8 Å². The van der Waals surface area contributed by atoms with Crippen molar-refractivity contribution in [2.24, 2.45) is 10.8 Å². The minimum atomic E-state index is -1.01. The third kappa shape index (κ3) is 11.1. The fourth-order valence-electron chi connectivity index (χ4n) is 6.74. The summed E-state index contributed by atoms with van der Waals surface area (Å²) in [5.74, 6) is -0.827. The maximum Gasteiger partial charge on any atom is 0.315 e. The number of amides is 2. The van der Waals surface area contributed by atoms with Gasteiger partial charge >= 0.3 is 11.9 Å². The van der Waals surface area contributed by atoms with Gasteiger partial charge in [0, 0.05) is 31.3 Å². The summed E-state index contributed by atoms with van der Waals surface area (Å²) >= 11 is 3.40. The van der Waals surface area contributed by atoms with Crippen LogP contribution in [0.3, 0.4) is 0 Å². The minimum Gasteiger partial charge on any atom is -0.459 e. The van der Waals surface area contributed by atoms with E-state index in [0.717, 1.165) is 16.7 Å². The van der Waals surface area contributed by atoms with E-state index in [1.54, 1.807) is 30.6 Å². The van der Waals surface area contributed by atoms with E-state index < -0.39 is 28.0 Å². The van der Waals surface area contributed by atoms with Crippen LogP contribution < -0.4 is 0 Å². The number of carbonyl (C=O) groups is 4. The van der Waals surface area contributed by atoms with Crippen LogP contribution in [0.4, 0.5) is 0 Å². The maximum absolute atomic E-state index is 13.0. The predicted molar refractivity (Wildman–Crippen MR) is 207 cm³/mol. The molecule has 0 spiro atoms. The van der Waals surface area contributed by atoms with Gasteiger partial charge in [0.05, 0.1) is 29.5 Å². The van der Waals surface area contributed by atoms with Crippen molar-refractivity contribution >= 4 is 39.7 Å². The van der Waals surface area contributed by atoms with E-state index in [2.05, 4.69) is 29.1 Å². The number of hydrogen-bond donors (Lipinski definition) is 1. The molecule has 2 amide bonds. The van der Waals surface area contributed by atoms with Gasteiger partial charge in [0.2, 0.25) is 11.8 Å². The normalized spacial score (nSPS) is 21.6. The largest absolute Gasteiger partial charge is 0.459 e. The number of ether oxygens (including phenoxy) is 2. The van der Waals surface area contributed by atoms with E-state index in [4.69, 9.17) is 9.47 Å². The fourth-order valence-corrected chi connectivity index (χ4v) is 6.94. The first-order valence-electron chi connectivity index (χ1n) is 17.8. The lowest BCUT2D eigenvalue weighted by Crippen LogP contribution is -2.41. The first kappa shape index (κ1) is 42.7. The molecule has 10 heteroatoms. The number of alkyl halides is 1. The summed E-state index contributed by atoms with van der Waals surface area (Å²) in [6.45, 7) is 23.2. The summed E-state index contributed by atoms with van der Waals surface area (Å²) in [4.78, 5) is 55.1. The first-order valence-corrected chi connectivity index (χ1v) is 18.9. The smallest absolute Gasteiger partial charge is 0.315 e. The van der Waals surface area contributed by atoms with Gasteiger partial charge < -0.3 is 24.4 Å². The molecular formula is C42H57BrN2O7. The number of benzene rings is 2. The summed E-state index contributed by atoms with van der Waals surface area (Å²) in [5.41, 5.74) is 0.358. The quantitative estimate of drug-likeness (QED) is 0.132. The van der Waals surface area contributed by atoms with Crippen LogP contribution in [0, 0.1) is 10.8 Å². The number of carbonyl (C=O) groups excluding carboxylic acids is 4. The Morgan fingerprint density at radius 2 is 1.08 bits per heavy atom. The Balaban J connectivity index is 0.000000280. The van der Waals surface area contributed by atoms with Crippen LogP contribution in [0.5, 0.6) is 0 Å². The van der Waals surface area contributed by atoms with Crippen molar-refractivity contribution in [3.63, 3.8) is 0 Å². The zero-order valence-electron chi connectivity index (χ0n) is 32.2. The highest BCUT2D eigenvalue weighted by Gasteiger charge is 2.53. The van der Waals surface area contributed by atoms with Gasteiger partial charge in [0.1, 0.15) is 11.2 Å². The minimum absolute atomic E-state index is 0.0189. The van der Waals surface area contributed by atoms with Gasteiger partial charge in [-0.1, -0.05) is 101 Å². The van der Waals surface area contributed by atoms with Crippen LogP contribution in [-0.2, 0) is 28.7 Å². The van der Waals surface area contributed by atoms with Crippen LogP contribution >= 0.6 is 15.9 Å². The zero-order chi connectivity index (χ0) is 39.1. The third-order valence-corrected chi connectivity index (χ3v) is 10.1. The number of hydrogen-bond acceptors (Lipinski definition) is 7. The highest BCUT2D eigenvalue weighted by atomic mass is 79.9. The number of esters is 2. The SMILES string of the molecule is C=C(CBr)C[C@]1(C(=O)OC(C)(C)C)CC(=O)N([C@H](C)c2ccccc2)C1.C=C(CO)C[C@]1(C(=O)OC(C)(C)C)CC(=O)N([C@H](C)c2ccccc2)C1. The van der Waals surface area contributed by atoms with Crippen LogP contribution in [0.25, 0.3) is 0 Å². The Morgan fingerprint density at radius 3 is 1.38 bits per heavy atom. The van der Waals surface area contributed by atoms with Crippen LogP contribution in [0.15, 0.2) is 85.0 Å². The van der Waals surface area contributed by atoms with Crippen molar-refractivity contribution in [2.45, 2.75) is 104 Å². The lowest BCUT2D eigenvalue weighted by atomic mass is 9.80. The Kier molecular flexibility index (Phi) is 14.3. The predicted octanol–water partition coefficient (Wildman–Crippen LogP) is 7.90. The Morgan fingerprint density at radius 1 is 0.731 bits per heavy atom. The lowest BCUT2D eigenvalue weighted by molar-refractivity contribution is -0.168. The maximum atomic E-state index is 13.0. The molecule has 0 saturated carbocycles. The number of aliphatic hydroxyl groups is 1. The molecule has 0 aromatic heterocycles. The van der Waals surface area contributed by atoms with E-state index in [1.165, 1.54) is 0 Å². The average molecular weight is 782 g/mol. The topological polar surface area (TPSA) is 113 Å². The first-order chi connectivity index (χ1) is 24.2. The molecule has 2 aromatic rings. The molecule has 2 aliphatic rings. The molecule has 9 nitrogen and oxygen atoms in total. The average Bonchev–Trinajstić information content (AvgIpc) is 3.60. The van der Waals surface area contributed by atoms with E-state index in [1.807, 2.05) is 95.3 Å². The molecule has 1 N–H and O–H groups in total. The standard InChI is InChI=1S/C21H28BrNO3.C21H29NO4/c1-15(13-22)11-21(19(25)26-20(3,4)5)12-18(24)23(14-21)16(2)17-9-7-6-8-10-17;1-15(13-23)11-21(19(25)26-20(3,4)5)12-18(24)22(14-21)16(2)17-9-7-6-8-10-17/h6-10,16H,1,11-14H2,2-5H3;6-10,16,23H,1,11-14H2,2-5H3/t2*16-,21+/m11/s1. The molecule has 4 rings (SSSR count). The van der Waals surface area contributed by atoms with Crippen molar-refractivity contribution in [1.29, 1.82) is 0 Å². The van der Waals surface area contributed by atoms with Crippen molar-refractivity contribution in [2.75, 3.05) is 25.0 Å². The molecule has 284 valence electrons. The van der Waals surface area contributed by atoms with E-state index in [-0.39, 0.29) is 62.3 Å². The van der Waals surface area contributed by atoms with E-state index in [9.17, 15) is 24.3 Å². The summed E-state index contributed by atoms with van der Waals surface area (Å²) in [6.07, 6.45) is 0.905. The monoisotopic (exact) mass is 780 g/mol. The second kappa shape index (κ2) is 17.4. The molecular weight excluding hydrogens is 724 g/mol. The van der Waals surface area contributed by atoms with Crippen LogP contribution in [-0.4, -0.2) is 74.9 Å². The molecule has 2 saturated heterocycles. The summed E-state index contributed by atoms with van der Waals surface area (Å²) in [5, 5.41) is 9.99. The molecule has 52 heavy (non-hydrogen) atoms. The van der Waals surface area contributed by atoms with E-state index in [0.29, 0.717) is 23.9 Å². The molecule has 2 fully saturated rings. The molecule has 4 atom stereocenters. The number of halogens is 1. The number of nitrogens with zero attached hydrogens (tertiary/aromatic N) is 2. The van der Waals surface area contributed by atoms with Gasteiger partial charge in [-0.2, -0.15) is 0 Å².